The number of carbonyl (C=O) groups excluding carboxylic acids is 2. The molecule has 1 heterocycles. The highest BCUT2D eigenvalue weighted by Crippen LogP contribution is 2.15. The molecule has 0 aliphatic heterocycles. The Kier molecular flexibility index (Phi) is 6.12. The standard InChI is InChI=1S/C23H24N2O4/c1-15(2)20(23(28)29-3)24-22(27)18-14-25(13-16-9-5-4-6-10-16)19-12-8-7-11-17(19)21(18)26/h4-12,14-15,20H,13H2,1-3H3,(H,24,27). The minimum absolute atomic E-state index is 0.00539. The maximum Gasteiger partial charge on any atom is 0.328 e. The molecule has 1 unspecified atom stereocenters. The maximum absolute atomic E-state index is 13.0. The monoisotopic (exact) mass is 392 g/mol. The fourth-order valence-electron chi connectivity index (χ4n) is 3.26. The van der Waals surface area contributed by atoms with Crippen molar-refractivity contribution in [3.63, 3.8) is 0 Å². The van der Waals surface area contributed by atoms with Gasteiger partial charge < -0.3 is 14.6 Å². The van der Waals surface area contributed by atoms with Crippen LogP contribution in [0.3, 0.4) is 0 Å². The number of esters is 1. The lowest BCUT2D eigenvalue weighted by atomic mass is 10.0. The lowest BCUT2D eigenvalue weighted by Crippen LogP contribution is -2.46. The number of fused-ring (bicyclic) bond motifs is 1. The summed E-state index contributed by atoms with van der Waals surface area (Å²) in [4.78, 5) is 37.9. The summed E-state index contributed by atoms with van der Waals surface area (Å²) in [5.74, 6) is -1.32. The number of ether oxygens (including phenoxy) is 1. The first-order valence-electron chi connectivity index (χ1n) is 9.47. The summed E-state index contributed by atoms with van der Waals surface area (Å²) in [6, 6.07) is 16.1. The SMILES string of the molecule is COC(=O)C(NC(=O)c1cn(Cc2ccccc2)c2ccccc2c1=O)C(C)C. The molecule has 29 heavy (non-hydrogen) atoms. The molecule has 1 N–H and O–H groups in total. The van der Waals surface area contributed by atoms with E-state index in [0.29, 0.717) is 11.9 Å². The highest BCUT2D eigenvalue weighted by Gasteiger charge is 2.27. The van der Waals surface area contributed by atoms with E-state index in [1.165, 1.54) is 7.11 Å². The third-order valence-electron chi connectivity index (χ3n) is 4.84. The van der Waals surface area contributed by atoms with Gasteiger partial charge in [-0.2, -0.15) is 0 Å². The van der Waals surface area contributed by atoms with Crippen molar-refractivity contribution in [3.05, 3.63) is 82.1 Å². The van der Waals surface area contributed by atoms with E-state index in [9.17, 15) is 14.4 Å². The third kappa shape index (κ3) is 4.37. The van der Waals surface area contributed by atoms with Crippen LogP contribution >= 0.6 is 0 Å². The molecule has 6 heteroatoms. The van der Waals surface area contributed by atoms with E-state index in [2.05, 4.69) is 5.32 Å². The smallest absolute Gasteiger partial charge is 0.328 e. The van der Waals surface area contributed by atoms with Crippen LogP contribution in [0.25, 0.3) is 10.9 Å². The fraction of sp³-hybridized carbons (Fsp3) is 0.261. The number of nitrogens with one attached hydrogen (secondary N) is 1. The number of amides is 1. The largest absolute Gasteiger partial charge is 0.467 e. The van der Waals surface area contributed by atoms with Crippen molar-refractivity contribution in [1.29, 1.82) is 0 Å². The molecule has 0 bridgehead atoms. The molecule has 0 radical (unpaired) electrons. The zero-order chi connectivity index (χ0) is 21.0. The second-order valence-corrected chi connectivity index (χ2v) is 7.22. The molecule has 3 rings (SSSR count). The van der Waals surface area contributed by atoms with Crippen molar-refractivity contribution < 1.29 is 14.3 Å². The number of para-hydroxylation sites is 1. The summed E-state index contributed by atoms with van der Waals surface area (Å²) in [5.41, 5.74) is 1.41. The zero-order valence-corrected chi connectivity index (χ0v) is 16.7. The Balaban J connectivity index is 2.06. The van der Waals surface area contributed by atoms with Crippen LogP contribution in [0, 0.1) is 5.92 Å². The lowest BCUT2D eigenvalue weighted by Gasteiger charge is -2.20. The average molecular weight is 392 g/mol. The van der Waals surface area contributed by atoms with Crippen LogP contribution in [0.5, 0.6) is 0 Å². The zero-order valence-electron chi connectivity index (χ0n) is 16.7. The molecule has 0 fully saturated rings. The second-order valence-electron chi connectivity index (χ2n) is 7.22. The minimum Gasteiger partial charge on any atom is -0.467 e. The Labute approximate surface area is 169 Å². The number of pyridine rings is 1. The number of benzene rings is 2. The fourth-order valence-corrected chi connectivity index (χ4v) is 3.26. The van der Waals surface area contributed by atoms with Crippen molar-refractivity contribution in [3.8, 4) is 0 Å². The molecule has 2 aromatic carbocycles. The summed E-state index contributed by atoms with van der Waals surface area (Å²) in [6.45, 7) is 4.11. The van der Waals surface area contributed by atoms with Crippen LogP contribution in [0.15, 0.2) is 65.6 Å². The summed E-state index contributed by atoms with van der Waals surface area (Å²) in [7, 11) is 1.27. The Morgan fingerprint density at radius 1 is 1.03 bits per heavy atom. The van der Waals surface area contributed by atoms with Gasteiger partial charge in [-0.15, -0.1) is 0 Å². The van der Waals surface area contributed by atoms with E-state index in [4.69, 9.17) is 4.74 Å². The van der Waals surface area contributed by atoms with Gasteiger partial charge in [0.05, 0.1) is 12.6 Å². The first-order valence-corrected chi connectivity index (χ1v) is 9.47. The van der Waals surface area contributed by atoms with E-state index in [0.717, 1.165) is 11.1 Å². The molecule has 0 aliphatic carbocycles. The molecule has 0 saturated heterocycles. The lowest BCUT2D eigenvalue weighted by molar-refractivity contribution is -0.144. The Morgan fingerprint density at radius 2 is 1.69 bits per heavy atom. The molecule has 3 aromatic rings. The number of nitrogens with zero attached hydrogens (tertiary/aromatic N) is 1. The molecular formula is C23H24N2O4. The normalized spacial score (nSPS) is 12.0. The van der Waals surface area contributed by atoms with Gasteiger partial charge in [-0.05, 0) is 23.6 Å². The van der Waals surface area contributed by atoms with Gasteiger partial charge in [-0.25, -0.2) is 4.79 Å². The highest BCUT2D eigenvalue weighted by molar-refractivity contribution is 5.99. The van der Waals surface area contributed by atoms with Crippen LogP contribution in [0.4, 0.5) is 0 Å². The number of methoxy groups -OCH3 is 1. The number of carbonyl (C=O) groups is 2. The topological polar surface area (TPSA) is 77.4 Å². The van der Waals surface area contributed by atoms with E-state index >= 15 is 0 Å². The maximum atomic E-state index is 13.0. The van der Waals surface area contributed by atoms with Gasteiger partial charge in [-0.3, -0.25) is 9.59 Å². The van der Waals surface area contributed by atoms with E-state index in [1.54, 1.807) is 32.2 Å². The van der Waals surface area contributed by atoms with Gasteiger partial charge in [0.25, 0.3) is 5.91 Å². The van der Waals surface area contributed by atoms with E-state index in [1.807, 2.05) is 47.0 Å². The third-order valence-corrected chi connectivity index (χ3v) is 4.84. The number of aromatic nitrogens is 1. The van der Waals surface area contributed by atoms with Gasteiger partial charge in [-0.1, -0.05) is 56.3 Å². The van der Waals surface area contributed by atoms with Crippen LogP contribution < -0.4 is 10.7 Å². The van der Waals surface area contributed by atoms with Crippen molar-refractivity contribution >= 4 is 22.8 Å². The summed E-state index contributed by atoms with van der Waals surface area (Å²) in [6.07, 6.45) is 1.56. The van der Waals surface area contributed by atoms with Crippen LogP contribution in [0.2, 0.25) is 0 Å². The summed E-state index contributed by atoms with van der Waals surface area (Å²) < 4.78 is 6.66. The van der Waals surface area contributed by atoms with E-state index < -0.39 is 17.9 Å². The van der Waals surface area contributed by atoms with Crippen molar-refractivity contribution in [1.82, 2.24) is 9.88 Å². The first kappa shape index (κ1) is 20.3. The molecule has 150 valence electrons. The Morgan fingerprint density at radius 3 is 2.34 bits per heavy atom. The van der Waals surface area contributed by atoms with Crippen LogP contribution in [0.1, 0.15) is 29.8 Å². The predicted octanol–water partition coefficient (Wildman–Crippen LogP) is 2.98. The van der Waals surface area contributed by atoms with Gasteiger partial charge in [0.15, 0.2) is 0 Å². The molecule has 1 aromatic heterocycles. The first-order chi connectivity index (χ1) is 13.9. The van der Waals surface area contributed by atoms with Crippen LogP contribution in [-0.2, 0) is 16.1 Å². The number of hydrogen-bond donors (Lipinski definition) is 1. The molecule has 1 atom stereocenters. The molecule has 1 amide bonds. The van der Waals surface area contributed by atoms with Gasteiger partial charge in [0.2, 0.25) is 5.43 Å². The van der Waals surface area contributed by atoms with Gasteiger partial charge in [0, 0.05) is 18.1 Å². The summed E-state index contributed by atoms with van der Waals surface area (Å²) in [5, 5.41) is 3.11. The number of hydrogen-bond acceptors (Lipinski definition) is 4. The molecule has 0 spiro atoms. The molecule has 0 saturated carbocycles. The average Bonchev–Trinajstić information content (AvgIpc) is 2.74. The Hall–Kier alpha value is -3.41. The van der Waals surface area contributed by atoms with Crippen molar-refractivity contribution in [2.75, 3.05) is 7.11 Å². The molecular weight excluding hydrogens is 368 g/mol. The van der Waals surface area contributed by atoms with Crippen molar-refractivity contribution in [2.24, 2.45) is 5.92 Å². The molecule has 0 aliphatic rings. The van der Waals surface area contributed by atoms with Crippen molar-refractivity contribution in [2.45, 2.75) is 26.4 Å². The number of rotatable bonds is 6. The minimum atomic E-state index is -0.832. The summed E-state index contributed by atoms with van der Waals surface area (Å²) >= 11 is 0. The van der Waals surface area contributed by atoms with Gasteiger partial charge >= 0.3 is 5.97 Å². The van der Waals surface area contributed by atoms with Crippen LogP contribution in [-0.4, -0.2) is 29.6 Å². The second kappa shape index (κ2) is 8.73. The van der Waals surface area contributed by atoms with E-state index in [-0.39, 0.29) is 16.9 Å². The van der Waals surface area contributed by atoms with Gasteiger partial charge in [0.1, 0.15) is 11.6 Å². The highest BCUT2D eigenvalue weighted by atomic mass is 16.5. The quantitative estimate of drug-likeness (QED) is 0.654. The molecule has 6 nitrogen and oxygen atoms in total. The Bertz CT molecular complexity index is 1090. The predicted molar refractivity (Wildman–Crippen MR) is 112 cm³/mol.